The molecule has 2 aromatic rings. The number of carbonyl (C=O) groups is 1. The van der Waals surface area contributed by atoms with Crippen LogP contribution in [0.5, 0.6) is 0 Å². The number of rotatable bonds is 3. The van der Waals surface area contributed by atoms with Crippen molar-refractivity contribution in [1.82, 2.24) is 5.32 Å². The first-order valence-electron chi connectivity index (χ1n) is 6.62. The molecule has 22 heavy (non-hydrogen) atoms. The molecule has 0 aliphatic rings. The third kappa shape index (κ3) is 4.51. The molecule has 116 valence electrons. The first kappa shape index (κ1) is 15.9. The molecule has 0 bridgehead atoms. The van der Waals surface area contributed by atoms with Gasteiger partial charge in [-0.1, -0.05) is 29.8 Å². The van der Waals surface area contributed by atoms with Crippen molar-refractivity contribution in [3.8, 4) is 0 Å². The number of carbonyl (C=O) groups excluding carboxylic acids is 1. The third-order valence-electron chi connectivity index (χ3n) is 3.04. The van der Waals surface area contributed by atoms with Gasteiger partial charge in [-0.25, -0.2) is 4.79 Å². The van der Waals surface area contributed by atoms with E-state index in [9.17, 15) is 18.0 Å². The average Bonchev–Trinajstić information content (AvgIpc) is 2.46. The molecular weight excluding hydrogens is 293 g/mol. The number of alkyl halides is 3. The highest BCUT2D eigenvalue weighted by Crippen LogP contribution is 2.29. The van der Waals surface area contributed by atoms with E-state index in [4.69, 9.17) is 0 Å². The quantitative estimate of drug-likeness (QED) is 0.870. The van der Waals surface area contributed by atoms with Gasteiger partial charge in [-0.15, -0.1) is 0 Å². The summed E-state index contributed by atoms with van der Waals surface area (Å²) in [6, 6.07) is 11.5. The number of nitrogens with one attached hydrogen (secondary N) is 2. The molecule has 2 aromatic carbocycles. The Labute approximate surface area is 126 Å². The van der Waals surface area contributed by atoms with Crippen LogP contribution in [0.2, 0.25) is 0 Å². The van der Waals surface area contributed by atoms with Crippen LogP contribution >= 0.6 is 0 Å². The zero-order chi connectivity index (χ0) is 16.2. The molecule has 6 heteroatoms. The molecule has 2 amide bonds. The Morgan fingerprint density at radius 2 is 1.59 bits per heavy atom. The Morgan fingerprint density at radius 3 is 2.14 bits per heavy atom. The summed E-state index contributed by atoms with van der Waals surface area (Å²) in [6.07, 6.45) is -4.38. The maximum Gasteiger partial charge on any atom is 0.416 e. The van der Waals surface area contributed by atoms with Crippen molar-refractivity contribution in [2.75, 3.05) is 5.32 Å². The number of hydrogen-bond donors (Lipinski definition) is 2. The Bertz CT molecular complexity index is 634. The van der Waals surface area contributed by atoms with Crippen LogP contribution < -0.4 is 10.6 Å². The van der Waals surface area contributed by atoms with Gasteiger partial charge in [0.15, 0.2) is 0 Å². The monoisotopic (exact) mass is 308 g/mol. The Morgan fingerprint density at radius 1 is 1.00 bits per heavy atom. The summed E-state index contributed by atoms with van der Waals surface area (Å²) < 4.78 is 37.3. The van der Waals surface area contributed by atoms with Gasteiger partial charge in [-0.2, -0.15) is 13.2 Å². The Balaban J connectivity index is 1.88. The number of urea groups is 1. The number of benzene rings is 2. The van der Waals surface area contributed by atoms with E-state index in [1.54, 1.807) is 0 Å². The molecule has 0 unspecified atom stereocenters. The fourth-order valence-corrected chi connectivity index (χ4v) is 1.81. The lowest BCUT2D eigenvalue weighted by molar-refractivity contribution is -0.137. The normalized spacial score (nSPS) is 11.1. The number of hydrogen-bond acceptors (Lipinski definition) is 1. The van der Waals surface area contributed by atoms with E-state index in [0.717, 1.165) is 23.3 Å². The molecule has 0 saturated carbocycles. The molecule has 0 saturated heterocycles. The average molecular weight is 308 g/mol. The first-order valence-corrected chi connectivity index (χ1v) is 6.62. The minimum absolute atomic E-state index is 0.300. The summed E-state index contributed by atoms with van der Waals surface area (Å²) in [5, 5.41) is 5.12. The second kappa shape index (κ2) is 6.51. The SMILES string of the molecule is Cc1ccc(CNC(=O)Nc2ccc(C(F)(F)F)cc2)cc1. The number of amides is 2. The summed E-state index contributed by atoms with van der Waals surface area (Å²) in [4.78, 5) is 11.7. The van der Waals surface area contributed by atoms with Crippen molar-refractivity contribution in [1.29, 1.82) is 0 Å². The van der Waals surface area contributed by atoms with E-state index in [1.807, 2.05) is 31.2 Å². The predicted octanol–water partition coefficient (Wildman–Crippen LogP) is 4.34. The topological polar surface area (TPSA) is 41.1 Å². The van der Waals surface area contributed by atoms with Crippen LogP contribution in [0.4, 0.5) is 23.7 Å². The van der Waals surface area contributed by atoms with Crippen molar-refractivity contribution in [2.24, 2.45) is 0 Å². The maximum absolute atomic E-state index is 12.4. The maximum atomic E-state index is 12.4. The van der Waals surface area contributed by atoms with Crippen molar-refractivity contribution >= 4 is 11.7 Å². The molecular formula is C16H15F3N2O. The Hall–Kier alpha value is -2.50. The largest absolute Gasteiger partial charge is 0.416 e. The van der Waals surface area contributed by atoms with Crippen LogP contribution in [-0.2, 0) is 12.7 Å². The zero-order valence-electron chi connectivity index (χ0n) is 11.9. The van der Waals surface area contributed by atoms with Gasteiger partial charge in [0.05, 0.1) is 5.56 Å². The third-order valence-corrected chi connectivity index (χ3v) is 3.04. The van der Waals surface area contributed by atoms with Crippen LogP contribution in [-0.4, -0.2) is 6.03 Å². The van der Waals surface area contributed by atoms with Gasteiger partial charge in [-0.3, -0.25) is 0 Å². The van der Waals surface area contributed by atoms with E-state index in [0.29, 0.717) is 12.2 Å². The summed E-state index contributed by atoms with van der Waals surface area (Å²) in [6.45, 7) is 2.31. The first-order chi connectivity index (χ1) is 10.3. The predicted molar refractivity (Wildman–Crippen MR) is 78.5 cm³/mol. The highest BCUT2D eigenvalue weighted by Gasteiger charge is 2.29. The highest BCUT2D eigenvalue weighted by atomic mass is 19.4. The lowest BCUT2D eigenvalue weighted by Gasteiger charge is -2.10. The van der Waals surface area contributed by atoms with Gasteiger partial charge in [0, 0.05) is 12.2 Å². The van der Waals surface area contributed by atoms with Crippen molar-refractivity contribution in [3.63, 3.8) is 0 Å². The van der Waals surface area contributed by atoms with E-state index >= 15 is 0 Å². The highest BCUT2D eigenvalue weighted by molar-refractivity contribution is 5.89. The number of halogens is 3. The summed E-state index contributed by atoms with van der Waals surface area (Å²) in [7, 11) is 0. The van der Waals surface area contributed by atoms with Crippen molar-refractivity contribution in [3.05, 3.63) is 65.2 Å². The molecule has 0 aliphatic carbocycles. The van der Waals surface area contributed by atoms with Gasteiger partial charge in [0.25, 0.3) is 0 Å². The number of anilines is 1. The van der Waals surface area contributed by atoms with Gasteiger partial charge >= 0.3 is 12.2 Å². The summed E-state index contributed by atoms with van der Waals surface area (Å²) in [5.74, 6) is 0. The molecule has 0 aliphatic heterocycles. The number of aryl methyl sites for hydroxylation is 1. The molecule has 0 spiro atoms. The lowest BCUT2D eigenvalue weighted by atomic mass is 10.1. The van der Waals surface area contributed by atoms with Crippen molar-refractivity contribution in [2.45, 2.75) is 19.6 Å². The van der Waals surface area contributed by atoms with Gasteiger partial charge in [0.2, 0.25) is 0 Å². The zero-order valence-corrected chi connectivity index (χ0v) is 11.9. The standard InChI is InChI=1S/C16H15F3N2O/c1-11-2-4-12(5-3-11)10-20-15(22)21-14-8-6-13(7-9-14)16(17,18)19/h2-9H,10H2,1H3,(H2,20,21,22). The summed E-state index contributed by atoms with van der Waals surface area (Å²) >= 11 is 0. The van der Waals surface area contributed by atoms with E-state index in [1.165, 1.54) is 12.1 Å². The molecule has 2 N–H and O–H groups in total. The van der Waals surface area contributed by atoms with Gasteiger partial charge < -0.3 is 10.6 Å². The van der Waals surface area contributed by atoms with E-state index in [-0.39, 0.29) is 0 Å². The summed E-state index contributed by atoms with van der Waals surface area (Å²) in [5.41, 5.74) is 1.61. The molecule has 0 atom stereocenters. The molecule has 3 nitrogen and oxygen atoms in total. The van der Waals surface area contributed by atoms with Crippen LogP contribution in [0.25, 0.3) is 0 Å². The van der Waals surface area contributed by atoms with Crippen LogP contribution in [0, 0.1) is 6.92 Å². The van der Waals surface area contributed by atoms with E-state index < -0.39 is 17.8 Å². The van der Waals surface area contributed by atoms with Crippen LogP contribution in [0.15, 0.2) is 48.5 Å². The second-order valence-corrected chi connectivity index (χ2v) is 4.87. The smallest absolute Gasteiger partial charge is 0.334 e. The van der Waals surface area contributed by atoms with Crippen LogP contribution in [0.1, 0.15) is 16.7 Å². The molecule has 2 rings (SSSR count). The molecule has 0 heterocycles. The Kier molecular flexibility index (Phi) is 4.70. The van der Waals surface area contributed by atoms with Crippen LogP contribution in [0.3, 0.4) is 0 Å². The minimum atomic E-state index is -4.38. The van der Waals surface area contributed by atoms with Gasteiger partial charge in [0.1, 0.15) is 0 Å². The van der Waals surface area contributed by atoms with Gasteiger partial charge in [-0.05, 0) is 36.8 Å². The fraction of sp³-hybridized carbons (Fsp3) is 0.188. The second-order valence-electron chi connectivity index (χ2n) is 4.87. The van der Waals surface area contributed by atoms with E-state index in [2.05, 4.69) is 10.6 Å². The molecule has 0 aromatic heterocycles. The lowest BCUT2D eigenvalue weighted by Crippen LogP contribution is -2.28. The minimum Gasteiger partial charge on any atom is -0.334 e. The van der Waals surface area contributed by atoms with Crippen molar-refractivity contribution < 1.29 is 18.0 Å². The molecule has 0 radical (unpaired) electrons. The molecule has 0 fully saturated rings. The fourth-order valence-electron chi connectivity index (χ4n) is 1.81.